The van der Waals surface area contributed by atoms with Gasteiger partial charge in [0.05, 0.1) is 18.8 Å². The van der Waals surface area contributed by atoms with Crippen molar-refractivity contribution < 1.29 is 19.4 Å². The Morgan fingerprint density at radius 2 is 1.95 bits per heavy atom. The van der Waals surface area contributed by atoms with Crippen LogP contribution in [-0.2, 0) is 4.74 Å². The van der Waals surface area contributed by atoms with E-state index in [1.807, 2.05) is 6.92 Å². The van der Waals surface area contributed by atoms with Crippen LogP contribution in [0, 0.1) is 0 Å². The molecule has 110 valence electrons. The topological polar surface area (TPSA) is 87.7 Å². The van der Waals surface area contributed by atoms with Gasteiger partial charge in [-0.05, 0) is 30.7 Å². The summed E-state index contributed by atoms with van der Waals surface area (Å²) >= 11 is 0. The molecular weight excluding hydrogens is 260 g/mol. The van der Waals surface area contributed by atoms with Gasteiger partial charge in [0, 0.05) is 12.2 Å². The number of ether oxygens (including phenoxy) is 1. The molecule has 0 aromatic heterocycles. The predicted molar refractivity (Wildman–Crippen MR) is 75.7 cm³/mol. The Labute approximate surface area is 118 Å². The molecule has 0 bridgehead atoms. The highest BCUT2D eigenvalue weighted by atomic mass is 16.5. The van der Waals surface area contributed by atoms with E-state index < -0.39 is 6.03 Å². The van der Waals surface area contributed by atoms with Crippen LogP contribution in [0.1, 0.15) is 30.1 Å². The number of unbranched alkanes of at least 4 members (excludes halogenated alkanes) is 1. The molecule has 1 rings (SSSR count). The molecule has 6 nitrogen and oxygen atoms in total. The highest BCUT2D eigenvalue weighted by Crippen LogP contribution is 2.10. The van der Waals surface area contributed by atoms with Crippen molar-refractivity contribution in [2.75, 3.05) is 25.1 Å². The summed E-state index contributed by atoms with van der Waals surface area (Å²) in [5, 5.41) is 13.6. The maximum atomic E-state index is 11.6. The van der Waals surface area contributed by atoms with Crippen LogP contribution in [-0.4, -0.2) is 36.9 Å². The maximum Gasteiger partial charge on any atom is 0.338 e. The smallest absolute Gasteiger partial charge is 0.338 e. The maximum absolute atomic E-state index is 11.6. The molecule has 0 unspecified atom stereocenters. The Kier molecular flexibility index (Phi) is 7.13. The Morgan fingerprint density at radius 1 is 1.25 bits per heavy atom. The minimum atomic E-state index is -0.405. The van der Waals surface area contributed by atoms with Crippen LogP contribution in [0.3, 0.4) is 0 Å². The van der Waals surface area contributed by atoms with Crippen LogP contribution in [0.25, 0.3) is 0 Å². The summed E-state index contributed by atoms with van der Waals surface area (Å²) in [7, 11) is 0. The molecule has 20 heavy (non-hydrogen) atoms. The first-order chi connectivity index (χ1) is 9.67. The van der Waals surface area contributed by atoms with E-state index in [0.717, 1.165) is 12.8 Å². The van der Waals surface area contributed by atoms with Crippen LogP contribution in [0.5, 0.6) is 0 Å². The average Bonchev–Trinajstić information content (AvgIpc) is 2.46. The fourth-order valence-electron chi connectivity index (χ4n) is 1.43. The summed E-state index contributed by atoms with van der Waals surface area (Å²) in [6.45, 7) is 2.51. The SMILES string of the molecule is CCCCOC(=O)c1ccc(NC(=O)NCCO)cc1. The van der Waals surface area contributed by atoms with E-state index in [1.165, 1.54) is 0 Å². The summed E-state index contributed by atoms with van der Waals surface area (Å²) in [4.78, 5) is 23.0. The van der Waals surface area contributed by atoms with Crippen molar-refractivity contribution in [1.29, 1.82) is 0 Å². The standard InChI is InChI=1S/C14H20N2O4/c1-2-3-10-20-13(18)11-4-6-12(7-5-11)16-14(19)15-8-9-17/h4-7,17H,2-3,8-10H2,1H3,(H2,15,16,19). The minimum absolute atomic E-state index is 0.115. The van der Waals surface area contributed by atoms with Gasteiger partial charge in [0.25, 0.3) is 0 Å². The van der Waals surface area contributed by atoms with Crippen LogP contribution in [0.4, 0.5) is 10.5 Å². The molecule has 1 aromatic rings. The molecule has 0 aliphatic rings. The quantitative estimate of drug-likeness (QED) is 0.524. The number of urea groups is 1. The van der Waals surface area contributed by atoms with E-state index in [0.29, 0.717) is 17.9 Å². The third-order valence-corrected chi connectivity index (χ3v) is 2.51. The second-order valence-corrected chi connectivity index (χ2v) is 4.17. The van der Waals surface area contributed by atoms with Crippen molar-refractivity contribution in [3.8, 4) is 0 Å². The van der Waals surface area contributed by atoms with Crippen LogP contribution >= 0.6 is 0 Å². The van der Waals surface area contributed by atoms with Gasteiger partial charge < -0.3 is 20.5 Å². The van der Waals surface area contributed by atoms with Crippen molar-refractivity contribution in [2.45, 2.75) is 19.8 Å². The van der Waals surface area contributed by atoms with Gasteiger partial charge in [0.2, 0.25) is 0 Å². The molecule has 0 aliphatic heterocycles. The number of rotatable bonds is 7. The summed E-state index contributed by atoms with van der Waals surface area (Å²) in [6, 6.07) is 6.02. The van der Waals surface area contributed by atoms with Gasteiger partial charge in [-0.15, -0.1) is 0 Å². The number of hydrogen-bond donors (Lipinski definition) is 3. The second kappa shape index (κ2) is 8.92. The fourth-order valence-corrected chi connectivity index (χ4v) is 1.43. The first kappa shape index (κ1) is 16.0. The molecule has 0 heterocycles. The third-order valence-electron chi connectivity index (χ3n) is 2.51. The van der Waals surface area contributed by atoms with E-state index in [4.69, 9.17) is 9.84 Å². The Morgan fingerprint density at radius 3 is 2.55 bits per heavy atom. The normalized spacial score (nSPS) is 9.90. The Balaban J connectivity index is 2.47. The van der Waals surface area contributed by atoms with Crippen molar-refractivity contribution >= 4 is 17.7 Å². The zero-order valence-corrected chi connectivity index (χ0v) is 11.5. The lowest BCUT2D eigenvalue weighted by molar-refractivity contribution is 0.0500. The van der Waals surface area contributed by atoms with Gasteiger partial charge in [-0.3, -0.25) is 0 Å². The lowest BCUT2D eigenvalue weighted by Crippen LogP contribution is -2.30. The molecule has 0 atom stereocenters. The van der Waals surface area contributed by atoms with Gasteiger partial charge in [-0.25, -0.2) is 9.59 Å². The number of anilines is 1. The van der Waals surface area contributed by atoms with Crippen LogP contribution in [0.15, 0.2) is 24.3 Å². The minimum Gasteiger partial charge on any atom is -0.462 e. The average molecular weight is 280 g/mol. The molecule has 1 aromatic carbocycles. The zero-order valence-electron chi connectivity index (χ0n) is 11.5. The van der Waals surface area contributed by atoms with Crippen LogP contribution < -0.4 is 10.6 Å². The molecule has 0 fully saturated rings. The molecular formula is C14H20N2O4. The molecule has 6 heteroatoms. The van der Waals surface area contributed by atoms with Crippen LogP contribution in [0.2, 0.25) is 0 Å². The first-order valence-electron chi connectivity index (χ1n) is 6.60. The number of benzene rings is 1. The molecule has 3 N–H and O–H groups in total. The molecule has 2 amide bonds. The molecule has 0 aliphatic carbocycles. The lowest BCUT2D eigenvalue weighted by atomic mass is 10.2. The highest BCUT2D eigenvalue weighted by Gasteiger charge is 2.07. The van der Waals surface area contributed by atoms with Gasteiger partial charge >= 0.3 is 12.0 Å². The number of carbonyl (C=O) groups excluding carboxylic acids is 2. The zero-order chi connectivity index (χ0) is 14.8. The fraction of sp³-hybridized carbons (Fsp3) is 0.429. The van der Waals surface area contributed by atoms with Gasteiger partial charge in [-0.1, -0.05) is 13.3 Å². The van der Waals surface area contributed by atoms with E-state index in [-0.39, 0.29) is 19.1 Å². The van der Waals surface area contributed by atoms with E-state index in [2.05, 4.69) is 10.6 Å². The highest BCUT2D eigenvalue weighted by molar-refractivity contribution is 5.92. The largest absolute Gasteiger partial charge is 0.462 e. The molecule has 0 radical (unpaired) electrons. The number of esters is 1. The monoisotopic (exact) mass is 280 g/mol. The van der Waals surface area contributed by atoms with E-state index in [9.17, 15) is 9.59 Å². The summed E-state index contributed by atoms with van der Waals surface area (Å²) in [6.07, 6.45) is 1.81. The Hall–Kier alpha value is -2.08. The lowest BCUT2D eigenvalue weighted by Gasteiger charge is -2.07. The third kappa shape index (κ3) is 5.71. The number of aliphatic hydroxyl groups is 1. The van der Waals surface area contributed by atoms with Crippen molar-refractivity contribution in [3.05, 3.63) is 29.8 Å². The second-order valence-electron chi connectivity index (χ2n) is 4.17. The molecule has 0 spiro atoms. The van der Waals surface area contributed by atoms with Gasteiger partial charge in [0.15, 0.2) is 0 Å². The van der Waals surface area contributed by atoms with E-state index >= 15 is 0 Å². The number of aliphatic hydroxyl groups excluding tert-OH is 1. The molecule has 0 saturated carbocycles. The summed E-state index contributed by atoms with van der Waals surface area (Å²) in [5.41, 5.74) is 1.01. The summed E-state index contributed by atoms with van der Waals surface area (Å²) in [5.74, 6) is -0.366. The van der Waals surface area contributed by atoms with Crippen molar-refractivity contribution in [1.82, 2.24) is 5.32 Å². The van der Waals surface area contributed by atoms with E-state index in [1.54, 1.807) is 24.3 Å². The number of carbonyl (C=O) groups is 2. The van der Waals surface area contributed by atoms with Crippen molar-refractivity contribution in [2.24, 2.45) is 0 Å². The molecule has 0 saturated heterocycles. The first-order valence-corrected chi connectivity index (χ1v) is 6.60. The predicted octanol–water partition coefficient (Wildman–Crippen LogP) is 1.76. The number of hydrogen-bond acceptors (Lipinski definition) is 4. The number of amides is 2. The van der Waals surface area contributed by atoms with Crippen molar-refractivity contribution in [3.63, 3.8) is 0 Å². The van der Waals surface area contributed by atoms with Gasteiger partial charge in [-0.2, -0.15) is 0 Å². The Bertz CT molecular complexity index is 431. The van der Waals surface area contributed by atoms with Gasteiger partial charge in [0.1, 0.15) is 0 Å². The number of nitrogens with one attached hydrogen (secondary N) is 2. The summed E-state index contributed by atoms with van der Waals surface area (Å²) < 4.78 is 5.08.